The van der Waals surface area contributed by atoms with Crippen LogP contribution in [0.5, 0.6) is 0 Å². The topological polar surface area (TPSA) is 0 Å². The Labute approximate surface area is 83.9 Å². The number of hydrogen-bond donors (Lipinski definition) is 0. The normalized spacial score (nSPS) is 19.8. The van der Waals surface area contributed by atoms with E-state index in [0.29, 0.717) is 5.41 Å². The fourth-order valence-corrected chi connectivity index (χ4v) is 1.87. The molecule has 1 heteroatoms. The van der Waals surface area contributed by atoms with Crippen molar-refractivity contribution in [3.05, 3.63) is 23.8 Å². The van der Waals surface area contributed by atoms with Crippen LogP contribution in [-0.2, 0) is 0 Å². The van der Waals surface area contributed by atoms with Gasteiger partial charge in [0.25, 0.3) is 0 Å². The van der Waals surface area contributed by atoms with Crippen LogP contribution in [0.3, 0.4) is 0 Å². The molecule has 0 fully saturated rings. The first-order valence-electron chi connectivity index (χ1n) is 4.61. The first-order valence-corrected chi connectivity index (χ1v) is 5.73. The number of allylic oxidation sites excluding steroid dienone is 4. The predicted octanol–water partition coefficient (Wildman–Crippen LogP) is 4.07. The second kappa shape index (κ2) is 4.27. The molecule has 1 rings (SSSR count). The summed E-state index contributed by atoms with van der Waals surface area (Å²) in [6.45, 7) is 4.50. The predicted molar refractivity (Wildman–Crippen MR) is 58.6 cm³/mol. The molecule has 0 N–H and O–H groups in total. The SMILES string of the molecule is CC1(C)C=CC(CCCCBr)=C1. The zero-order valence-corrected chi connectivity index (χ0v) is 9.52. The molecule has 1 aliphatic rings. The van der Waals surface area contributed by atoms with Crippen molar-refractivity contribution in [2.75, 3.05) is 5.33 Å². The first kappa shape index (κ1) is 10.0. The van der Waals surface area contributed by atoms with E-state index in [4.69, 9.17) is 0 Å². The van der Waals surface area contributed by atoms with Crippen LogP contribution in [0.15, 0.2) is 23.8 Å². The summed E-state index contributed by atoms with van der Waals surface area (Å²) in [5.41, 5.74) is 1.82. The summed E-state index contributed by atoms with van der Waals surface area (Å²) in [6, 6.07) is 0. The fourth-order valence-electron chi connectivity index (χ4n) is 1.47. The zero-order valence-electron chi connectivity index (χ0n) is 7.94. The molecule has 0 heterocycles. The summed E-state index contributed by atoms with van der Waals surface area (Å²) in [5.74, 6) is 0. The molecule has 0 atom stereocenters. The van der Waals surface area contributed by atoms with Gasteiger partial charge >= 0.3 is 0 Å². The van der Waals surface area contributed by atoms with Crippen molar-refractivity contribution in [3.8, 4) is 0 Å². The zero-order chi connectivity index (χ0) is 9.03. The average Bonchev–Trinajstić information content (AvgIpc) is 2.31. The van der Waals surface area contributed by atoms with E-state index in [2.05, 4.69) is 48.0 Å². The van der Waals surface area contributed by atoms with Crippen molar-refractivity contribution < 1.29 is 0 Å². The van der Waals surface area contributed by atoms with Gasteiger partial charge < -0.3 is 0 Å². The van der Waals surface area contributed by atoms with Crippen molar-refractivity contribution in [1.29, 1.82) is 0 Å². The molecule has 12 heavy (non-hydrogen) atoms. The van der Waals surface area contributed by atoms with Crippen LogP contribution in [0.2, 0.25) is 0 Å². The van der Waals surface area contributed by atoms with E-state index >= 15 is 0 Å². The van der Waals surface area contributed by atoms with Crippen LogP contribution in [0.4, 0.5) is 0 Å². The maximum Gasteiger partial charge on any atom is 0.00314 e. The Balaban J connectivity index is 2.32. The van der Waals surface area contributed by atoms with Gasteiger partial charge in [0.2, 0.25) is 0 Å². The quantitative estimate of drug-likeness (QED) is 0.503. The Morgan fingerprint density at radius 2 is 2.08 bits per heavy atom. The maximum atomic E-state index is 3.44. The van der Waals surface area contributed by atoms with Gasteiger partial charge in [-0.25, -0.2) is 0 Å². The molecule has 0 spiro atoms. The molecule has 0 amide bonds. The standard InChI is InChI=1S/C11H17Br/c1-11(2)7-6-10(9-11)5-3-4-8-12/h6-7,9H,3-5,8H2,1-2H3. The summed E-state index contributed by atoms with van der Waals surface area (Å²) in [4.78, 5) is 0. The number of unbranched alkanes of at least 4 members (excludes halogenated alkanes) is 1. The van der Waals surface area contributed by atoms with Gasteiger partial charge in [-0.05, 0) is 19.3 Å². The van der Waals surface area contributed by atoms with Crippen LogP contribution in [0, 0.1) is 5.41 Å². The lowest BCUT2D eigenvalue weighted by Crippen LogP contribution is -1.98. The van der Waals surface area contributed by atoms with Crippen molar-refractivity contribution >= 4 is 15.9 Å². The van der Waals surface area contributed by atoms with Gasteiger partial charge in [0, 0.05) is 10.7 Å². The molecule has 68 valence electrons. The highest BCUT2D eigenvalue weighted by Crippen LogP contribution is 2.30. The molecular weight excluding hydrogens is 212 g/mol. The lowest BCUT2D eigenvalue weighted by atomic mass is 9.96. The van der Waals surface area contributed by atoms with E-state index in [-0.39, 0.29) is 0 Å². The molecule has 0 aliphatic heterocycles. The lowest BCUT2D eigenvalue weighted by molar-refractivity contribution is 0.632. The summed E-state index contributed by atoms with van der Waals surface area (Å²) in [7, 11) is 0. The summed E-state index contributed by atoms with van der Waals surface area (Å²) < 4.78 is 0. The first-order chi connectivity index (χ1) is 5.64. The molecule has 0 nitrogen and oxygen atoms in total. The third-order valence-corrected chi connectivity index (χ3v) is 2.69. The van der Waals surface area contributed by atoms with Crippen molar-refractivity contribution in [2.24, 2.45) is 5.41 Å². The minimum Gasteiger partial charge on any atom is -0.0928 e. The molecule has 0 saturated carbocycles. The molecule has 0 saturated heterocycles. The average molecular weight is 229 g/mol. The summed E-state index contributed by atoms with van der Waals surface area (Å²) >= 11 is 3.44. The maximum absolute atomic E-state index is 3.44. The van der Waals surface area contributed by atoms with Crippen LogP contribution >= 0.6 is 15.9 Å². The summed E-state index contributed by atoms with van der Waals surface area (Å²) in [5, 5.41) is 1.13. The summed E-state index contributed by atoms with van der Waals surface area (Å²) in [6.07, 6.45) is 10.8. The monoisotopic (exact) mass is 228 g/mol. The Bertz CT molecular complexity index is 199. The van der Waals surface area contributed by atoms with Crippen molar-refractivity contribution in [1.82, 2.24) is 0 Å². The second-order valence-corrected chi connectivity index (χ2v) is 4.81. The van der Waals surface area contributed by atoms with Crippen LogP contribution in [-0.4, -0.2) is 5.33 Å². The third kappa shape index (κ3) is 3.14. The van der Waals surface area contributed by atoms with E-state index in [9.17, 15) is 0 Å². The lowest BCUT2D eigenvalue weighted by Gasteiger charge is -2.09. The molecule has 0 aromatic heterocycles. The number of alkyl halides is 1. The fraction of sp³-hybridized carbons (Fsp3) is 0.636. The minimum atomic E-state index is 0.309. The van der Waals surface area contributed by atoms with Gasteiger partial charge in [0.05, 0.1) is 0 Å². The number of halogens is 1. The van der Waals surface area contributed by atoms with Crippen LogP contribution < -0.4 is 0 Å². The molecular formula is C11H17Br. The van der Waals surface area contributed by atoms with E-state index < -0.39 is 0 Å². The van der Waals surface area contributed by atoms with Gasteiger partial charge in [-0.2, -0.15) is 0 Å². The smallest absolute Gasteiger partial charge is 0.00314 e. The van der Waals surface area contributed by atoms with E-state index in [1.54, 1.807) is 0 Å². The molecule has 0 unspecified atom stereocenters. The van der Waals surface area contributed by atoms with Crippen molar-refractivity contribution in [2.45, 2.75) is 33.1 Å². The van der Waals surface area contributed by atoms with Crippen LogP contribution in [0.25, 0.3) is 0 Å². The Morgan fingerprint density at radius 3 is 2.58 bits per heavy atom. The molecule has 0 bridgehead atoms. The van der Waals surface area contributed by atoms with Gasteiger partial charge in [0.1, 0.15) is 0 Å². The molecule has 1 aliphatic carbocycles. The highest BCUT2D eigenvalue weighted by Gasteiger charge is 2.15. The van der Waals surface area contributed by atoms with E-state index in [1.165, 1.54) is 24.8 Å². The van der Waals surface area contributed by atoms with E-state index in [1.807, 2.05) is 0 Å². The highest BCUT2D eigenvalue weighted by molar-refractivity contribution is 9.09. The van der Waals surface area contributed by atoms with Gasteiger partial charge in [-0.1, -0.05) is 53.6 Å². The minimum absolute atomic E-state index is 0.309. The Morgan fingerprint density at radius 1 is 1.33 bits per heavy atom. The second-order valence-electron chi connectivity index (χ2n) is 4.02. The molecule has 0 aromatic carbocycles. The number of rotatable bonds is 4. The van der Waals surface area contributed by atoms with Gasteiger partial charge in [-0.15, -0.1) is 0 Å². The van der Waals surface area contributed by atoms with Crippen molar-refractivity contribution in [3.63, 3.8) is 0 Å². The van der Waals surface area contributed by atoms with Gasteiger partial charge in [-0.3, -0.25) is 0 Å². The van der Waals surface area contributed by atoms with Crippen LogP contribution in [0.1, 0.15) is 33.1 Å². The van der Waals surface area contributed by atoms with Gasteiger partial charge in [0.15, 0.2) is 0 Å². The third-order valence-electron chi connectivity index (χ3n) is 2.13. The molecule has 0 aromatic rings. The Hall–Kier alpha value is -0.0400. The largest absolute Gasteiger partial charge is 0.0928 e. The number of hydrogen-bond acceptors (Lipinski definition) is 0. The molecule has 0 radical (unpaired) electrons. The van der Waals surface area contributed by atoms with E-state index in [0.717, 1.165) is 5.33 Å². The Kier molecular flexibility index (Phi) is 3.57. The highest BCUT2D eigenvalue weighted by atomic mass is 79.9.